The molecule has 5 aromatic rings. The van der Waals surface area contributed by atoms with Crippen molar-refractivity contribution in [1.82, 2.24) is 44.9 Å². The number of fused-ring (bicyclic) bond motifs is 1. The number of rotatable bonds is 12. The van der Waals surface area contributed by atoms with E-state index in [4.69, 9.17) is 30.1 Å². The van der Waals surface area contributed by atoms with Gasteiger partial charge in [0.05, 0.1) is 48.0 Å². The number of nitrogens with one attached hydrogen (secondary N) is 1. The van der Waals surface area contributed by atoms with Crippen molar-refractivity contribution in [1.29, 1.82) is 5.26 Å². The highest BCUT2D eigenvalue weighted by molar-refractivity contribution is 7.16. The maximum Gasteiger partial charge on any atom is 0.272 e. The van der Waals surface area contributed by atoms with E-state index in [1.165, 1.54) is 11.3 Å². The summed E-state index contributed by atoms with van der Waals surface area (Å²) in [6.07, 6.45) is 9.80. The fourth-order valence-corrected chi connectivity index (χ4v) is 7.78. The number of nitriles is 1. The zero-order valence-corrected chi connectivity index (χ0v) is 29.1. The first-order valence-corrected chi connectivity index (χ1v) is 17.8. The highest BCUT2D eigenvalue weighted by atomic mass is 32.1. The minimum Gasteiger partial charge on any atom is -0.389 e. The van der Waals surface area contributed by atoms with Gasteiger partial charge in [0.1, 0.15) is 11.1 Å². The first kappa shape index (κ1) is 32.9. The molecule has 2 aliphatic heterocycles. The quantitative estimate of drug-likeness (QED) is 0.185. The molecule has 1 amide bonds. The molecule has 2 fully saturated rings. The number of hydrogen-bond donors (Lipinski definition) is 2. The molecule has 0 saturated carbocycles. The molecular formula is C34H41N11O3S. The molecule has 7 heterocycles. The summed E-state index contributed by atoms with van der Waals surface area (Å²) in [6.45, 7) is 8.78. The number of nitrogens with two attached hydrogens (primary N) is 1. The van der Waals surface area contributed by atoms with Gasteiger partial charge in [-0.15, -0.1) is 11.3 Å². The normalized spacial score (nSPS) is 17.4. The minimum atomic E-state index is -0.417. The summed E-state index contributed by atoms with van der Waals surface area (Å²) in [7, 11) is 2.14. The zero-order valence-electron chi connectivity index (χ0n) is 28.3. The van der Waals surface area contributed by atoms with Crippen molar-refractivity contribution in [3.63, 3.8) is 0 Å². The lowest BCUT2D eigenvalue weighted by Gasteiger charge is -2.38. The van der Waals surface area contributed by atoms with Crippen LogP contribution in [0.1, 0.15) is 79.4 Å². The summed E-state index contributed by atoms with van der Waals surface area (Å²) in [5.41, 5.74) is 9.26. The number of ether oxygens (including phenoxy) is 1. The maximum atomic E-state index is 13.1. The molecule has 2 aliphatic rings. The summed E-state index contributed by atoms with van der Waals surface area (Å²) in [5, 5.41) is 28.3. The van der Waals surface area contributed by atoms with Crippen LogP contribution >= 0.6 is 11.3 Å². The number of nitrogens with zero attached hydrogens (tertiary/aromatic N) is 9. The monoisotopic (exact) mass is 683 g/mol. The standard InChI is InChI=1S/C34H41N11O3S/c1-5-7-11-21-27(42-48-28(21)26-22(15-35)29(36)49-25(26)9-6-2)30-38-31(44-14-12-24(41-44)33(46)40-34(3)18-47-19-34)23-16-37-45(32(23)39-30)17-20-10-8-13-43(20)4/h12,14,16,20H,5-11,13,17-19,36H2,1-4H3,(H,40,46). The molecule has 2 saturated heterocycles. The summed E-state index contributed by atoms with van der Waals surface area (Å²) < 4.78 is 14.9. The van der Waals surface area contributed by atoms with E-state index in [-0.39, 0.29) is 11.6 Å². The van der Waals surface area contributed by atoms with Gasteiger partial charge in [0.2, 0.25) is 0 Å². The van der Waals surface area contributed by atoms with Crippen LogP contribution in [0.4, 0.5) is 5.00 Å². The van der Waals surface area contributed by atoms with E-state index in [1.807, 2.05) is 11.6 Å². The van der Waals surface area contributed by atoms with Crippen LogP contribution in [0, 0.1) is 11.3 Å². The molecule has 49 heavy (non-hydrogen) atoms. The van der Waals surface area contributed by atoms with Crippen LogP contribution in [-0.4, -0.2) is 83.9 Å². The highest BCUT2D eigenvalue weighted by Crippen LogP contribution is 2.43. The molecule has 5 aromatic heterocycles. The van der Waals surface area contributed by atoms with Crippen LogP contribution in [0.5, 0.6) is 0 Å². The summed E-state index contributed by atoms with van der Waals surface area (Å²) in [6, 6.07) is 4.30. The molecule has 1 unspecified atom stereocenters. The number of unbranched alkanes of at least 4 members (excludes halogenated alkanes) is 1. The molecular weight excluding hydrogens is 643 g/mol. The number of aromatic nitrogens is 7. The third-order valence-electron chi connectivity index (χ3n) is 9.43. The van der Waals surface area contributed by atoms with E-state index in [2.05, 4.69) is 47.4 Å². The maximum absolute atomic E-state index is 13.1. The van der Waals surface area contributed by atoms with Gasteiger partial charge in [-0.1, -0.05) is 31.8 Å². The Morgan fingerprint density at radius 3 is 2.78 bits per heavy atom. The molecule has 0 radical (unpaired) electrons. The number of carbonyl (C=O) groups is 1. The zero-order chi connectivity index (χ0) is 34.3. The van der Waals surface area contributed by atoms with Gasteiger partial charge < -0.3 is 25.2 Å². The smallest absolute Gasteiger partial charge is 0.272 e. The largest absolute Gasteiger partial charge is 0.389 e. The fourth-order valence-electron chi connectivity index (χ4n) is 6.66. The predicted molar refractivity (Wildman–Crippen MR) is 185 cm³/mol. The van der Waals surface area contributed by atoms with Gasteiger partial charge in [-0.05, 0) is 58.7 Å². The second kappa shape index (κ2) is 13.3. The van der Waals surface area contributed by atoms with Gasteiger partial charge in [-0.3, -0.25) is 4.79 Å². The van der Waals surface area contributed by atoms with Crippen molar-refractivity contribution in [2.75, 3.05) is 32.5 Å². The number of carbonyl (C=O) groups excluding carboxylic acids is 1. The first-order valence-electron chi connectivity index (χ1n) is 16.9. The van der Waals surface area contributed by atoms with E-state index < -0.39 is 5.54 Å². The van der Waals surface area contributed by atoms with E-state index in [0.29, 0.717) is 82.5 Å². The van der Waals surface area contributed by atoms with E-state index in [1.54, 1.807) is 23.1 Å². The number of thiophene rings is 1. The molecule has 256 valence electrons. The molecule has 14 nitrogen and oxygen atoms in total. The molecule has 1 atom stereocenters. The molecule has 15 heteroatoms. The van der Waals surface area contributed by atoms with E-state index in [0.717, 1.165) is 55.5 Å². The van der Waals surface area contributed by atoms with Crippen molar-refractivity contribution in [2.45, 2.75) is 83.8 Å². The summed E-state index contributed by atoms with van der Waals surface area (Å²) in [5.74, 6) is 1.07. The molecule has 3 N–H and O–H groups in total. The van der Waals surface area contributed by atoms with Crippen LogP contribution < -0.4 is 11.1 Å². The lowest BCUT2D eigenvalue weighted by Crippen LogP contribution is -2.59. The van der Waals surface area contributed by atoms with Gasteiger partial charge in [0, 0.05) is 22.7 Å². The Labute approximate surface area is 288 Å². The number of likely N-dealkylation sites (tertiary alicyclic amines) is 1. The van der Waals surface area contributed by atoms with Gasteiger partial charge in [0.15, 0.2) is 34.4 Å². The van der Waals surface area contributed by atoms with E-state index in [9.17, 15) is 10.1 Å². The molecule has 0 aliphatic carbocycles. The second-order valence-corrected chi connectivity index (χ2v) is 14.4. The van der Waals surface area contributed by atoms with Gasteiger partial charge >= 0.3 is 0 Å². The Morgan fingerprint density at radius 2 is 2.08 bits per heavy atom. The predicted octanol–water partition coefficient (Wildman–Crippen LogP) is 4.76. The van der Waals surface area contributed by atoms with E-state index >= 15 is 0 Å². The Morgan fingerprint density at radius 1 is 1.24 bits per heavy atom. The van der Waals surface area contributed by atoms with Crippen molar-refractivity contribution in [2.24, 2.45) is 0 Å². The third-order valence-corrected chi connectivity index (χ3v) is 10.5. The van der Waals surface area contributed by atoms with Crippen molar-refractivity contribution in [3.05, 3.63) is 40.2 Å². The minimum absolute atomic E-state index is 0.260. The van der Waals surface area contributed by atoms with Crippen LogP contribution in [0.15, 0.2) is 23.0 Å². The van der Waals surface area contributed by atoms with Gasteiger partial charge in [-0.25, -0.2) is 19.3 Å². The van der Waals surface area contributed by atoms with Crippen LogP contribution in [0.3, 0.4) is 0 Å². The lowest BCUT2D eigenvalue weighted by atomic mass is 9.98. The number of nitrogen functional groups attached to an aromatic ring is 1. The molecule has 0 spiro atoms. The first-order chi connectivity index (χ1) is 23.7. The highest BCUT2D eigenvalue weighted by Gasteiger charge is 2.36. The summed E-state index contributed by atoms with van der Waals surface area (Å²) in [4.78, 5) is 26.6. The average molecular weight is 684 g/mol. The Kier molecular flexibility index (Phi) is 8.95. The Balaban J connectivity index is 1.37. The van der Waals surface area contributed by atoms with Crippen molar-refractivity contribution < 1.29 is 14.1 Å². The van der Waals surface area contributed by atoms with Crippen LogP contribution in [0.2, 0.25) is 0 Å². The second-order valence-electron chi connectivity index (χ2n) is 13.3. The lowest BCUT2D eigenvalue weighted by molar-refractivity contribution is -0.0594. The van der Waals surface area contributed by atoms with Gasteiger partial charge in [-0.2, -0.15) is 15.5 Å². The van der Waals surface area contributed by atoms with Gasteiger partial charge in [0.25, 0.3) is 5.91 Å². The Hall–Kier alpha value is -4.65. The topological polar surface area (TPSA) is 179 Å². The van der Waals surface area contributed by atoms with Crippen molar-refractivity contribution in [3.8, 4) is 34.7 Å². The molecule has 7 rings (SSSR count). The number of hydrogen-bond acceptors (Lipinski definition) is 12. The number of anilines is 1. The Bertz CT molecular complexity index is 2050. The van der Waals surface area contributed by atoms with Crippen LogP contribution in [-0.2, 0) is 24.1 Å². The SMILES string of the molecule is CCCCc1c(-c2nc(-n3ccc(C(=O)NC4(C)COC4)n3)c3cnn(CC4CCCN4C)c3n2)noc1-c1c(CCC)sc(N)c1C#N. The average Bonchev–Trinajstić information content (AvgIpc) is 3.91. The number of aryl methyl sites for hydroxylation is 1. The third kappa shape index (κ3) is 6.09. The number of likely N-dealkylation sites (N-methyl/N-ethyl adjacent to an activating group) is 1. The number of amides is 1. The molecule has 0 bridgehead atoms. The summed E-state index contributed by atoms with van der Waals surface area (Å²) >= 11 is 1.42. The molecule has 0 aromatic carbocycles. The fraction of sp³-hybridized carbons (Fsp3) is 0.500. The van der Waals surface area contributed by atoms with Crippen molar-refractivity contribution >= 4 is 33.3 Å². The van der Waals surface area contributed by atoms with Crippen LogP contribution in [0.25, 0.3) is 39.7 Å².